The Kier molecular flexibility index (Phi) is 4.51. The third-order valence-electron chi connectivity index (χ3n) is 2.31. The van der Waals surface area contributed by atoms with Crippen molar-refractivity contribution in [2.45, 2.75) is 26.8 Å². The minimum absolute atomic E-state index is 0.0541. The Balaban J connectivity index is 3.32. The molecular weight excluding hydrogens is 230 g/mol. The van der Waals surface area contributed by atoms with E-state index in [-0.39, 0.29) is 30.0 Å². The lowest BCUT2D eigenvalue weighted by Gasteiger charge is -2.13. The Morgan fingerprint density at radius 1 is 1.59 bits per heavy atom. The molecule has 1 heterocycles. The number of halogens is 2. The smallest absolute Gasteiger partial charge is 0.357 e. The Bertz CT molecular complexity index is 422. The van der Waals surface area contributed by atoms with Crippen LogP contribution in [0.25, 0.3) is 0 Å². The molecule has 0 fully saturated rings. The van der Waals surface area contributed by atoms with E-state index in [2.05, 4.69) is 4.98 Å². The maximum Gasteiger partial charge on any atom is 0.357 e. The summed E-state index contributed by atoms with van der Waals surface area (Å²) in [5, 5.41) is 0. The fourth-order valence-corrected chi connectivity index (χ4v) is 1.56. The van der Waals surface area contributed by atoms with E-state index in [1.807, 2.05) is 0 Å². The van der Waals surface area contributed by atoms with Gasteiger partial charge in [-0.25, -0.2) is 18.6 Å². The SMILES string of the molecule is CCOC(=O)c1ncc(C)c(C(F)F)c1CN. The Labute approximate surface area is 97.8 Å². The average molecular weight is 244 g/mol. The lowest BCUT2D eigenvalue weighted by Crippen LogP contribution is -2.16. The van der Waals surface area contributed by atoms with E-state index in [1.165, 1.54) is 13.1 Å². The molecule has 0 amide bonds. The molecule has 0 saturated heterocycles. The molecule has 0 aliphatic heterocycles. The second kappa shape index (κ2) is 5.67. The number of hydrogen-bond donors (Lipinski definition) is 1. The van der Waals surface area contributed by atoms with Gasteiger partial charge in [0.1, 0.15) is 0 Å². The molecule has 1 rings (SSSR count). The fourth-order valence-electron chi connectivity index (χ4n) is 1.56. The van der Waals surface area contributed by atoms with Gasteiger partial charge in [-0.3, -0.25) is 0 Å². The van der Waals surface area contributed by atoms with E-state index in [0.29, 0.717) is 5.56 Å². The van der Waals surface area contributed by atoms with Crippen LogP contribution in [0.3, 0.4) is 0 Å². The Morgan fingerprint density at radius 3 is 2.71 bits per heavy atom. The van der Waals surface area contributed by atoms with Crippen LogP contribution in [0.1, 0.15) is 40.5 Å². The van der Waals surface area contributed by atoms with Gasteiger partial charge in [0, 0.05) is 23.9 Å². The molecule has 4 nitrogen and oxygen atoms in total. The summed E-state index contributed by atoms with van der Waals surface area (Å²) in [7, 11) is 0. The van der Waals surface area contributed by atoms with Crippen LogP contribution in [0, 0.1) is 6.92 Å². The zero-order chi connectivity index (χ0) is 13.0. The first-order chi connectivity index (χ1) is 8.02. The number of aromatic nitrogens is 1. The topological polar surface area (TPSA) is 65.2 Å². The van der Waals surface area contributed by atoms with Gasteiger partial charge in [0.25, 0.3) is 6.43 Å². The van der Waals surface area contributed by atoms with Crippen LogP contribution in [-0.4, -0.2) is 17.6 Å². The minimum atomic E-state index is -2.69. The van der Waals surface area contributed by atoms with E-state index in [1.54, 1.807) is 6.92 Å². The molecule has 94 valence electrons. The van der Waals surface area contributed by atoms with Crippen LogP contribution >= 0.6 is 0 Å². The van der Waals surface area contributed by atoms with Crippen molar-refractivity contribution in [2.75, 3.05) is 6.61 Å². The highest BCUT2D eigenvalue weighted by molar-refractivity contribution is 5.89. The van der Waals surface area contributed by atoms with E-state index >= 15 is 0 Å². The number of nitrogens with zero attached hydrogens (tertiary/aromatic N) is 1. The molecule has 1 aromatic heterocycles. The number of esters is 1. The molecule has 0 aliphatic carbocycles. The first kappa shape index (κ1) is 13.5. The summed E-state index contributed by atoms with van der Waals surface area (Å²) in [6.07, 6.45) is -1.46. The number of carbonyl (C=O) groups is 1. The normalized spacial score (nSPS) is 10.7. The molecule has 0 spiro atoms. The highest BCUT2D eigenvalue weighted by Crippen LogP contribution is 2.27. The molecule has 0 atom stereocenters. The van der Waals surface area contributed by atoms with Crippen molar-refractivity contribution in [3.8, 4) is 0 Å². The number of nitrogens with two attached hydrogens (primary N) is 1. The summed E-state index contributed by atoms with van der Waals surface area (Å²) < 4.78 is 30.5. The number of hydrogen-bond acceptors (Lipinski definition) is 4. The van der Waals surface area contributed by atoms with Crippen molar-refractivity contribution in [3.63, 3.8) is 0 Å². The molecule has 0 aromatic carbocycles. The van der Waals surface area contributed by atoms with Gasteiger partial charge < -0.3 is 10.5 Å². The Hall–Kier alpha value is -1.56. The Morgan fingerprint density at radius 2 is 2.24 bits per heavy atom. The third kappa shape index (κ3) is 2.76. The number of ether oxygens (including phenoxy) is 1. The van der Waals surface area contributed by atoms with E-state index in [4.69, 9.17) is 10.5 Å². The maximum absolute atomic E-state index is 12.9. The van der Waals surface area contributed by atoms with Gasteiger partial charge >= 0.3 is 5.97 Å². The molecule has 0 bridgehead atoms. The quantitative estimate of drug-likeness (QED) is 0.822. The molecule has 0 aliphatic rings. The van der Waals surface area contributed by atoms with Crippen LogP contribution in [0.5, 0.6) is 0 Å². The van der Waals surface area contributed by atoms with Crippen molar-refractivity contribution >= 4 is 5.97 Å². The van der Waals surface area contributed by atoms with E-state index < -0.39 is 12.4 Å². The van der Waals surface area contributed by atoms with Crippen molar-refractivity contribution in [3.05, 3.63) is 28.6 Å². The number of carbonyl (C=O) groups excluding carboxylic acids is 1. The second-order valence-corrected chi connectivity index (χ2v) is 3.41. The van der Waals surface area contributed by atoms with Crippen LogP contribution in [0.4, 0.5) is 8.78 Å². The van der Waals surface area contributed by atoms with Crippen molar-refractivity contribution in [1.82, 2.24) is 4.98 Å². The molecule has 0 saturated carbocycles. The zero-order valence-corrected chi connectivity index (χ0v) is 9.67. The lowest BCUT2D eigenvalue weighted by molar-refractivity contribution is 0.0517. The third-order valence-corrected chi connectivity index (χ3v) is 2.31. The van der Waals surface area contributed by atoms with Gasteiger partial charge in [0.2, 0.25) is 0 Å². The molecule has 0 radical (unpaired) electrons. The standard InChI is InChI=1S/C11H14F2N2O2/c1-3-17-11(16)9-7(4-14)8(10(12)13)6(2)5-15-9/h5,10H,3-4,14H2,1-2H3. The van der Waals surface area contributed by atoms with Gasteiger partial charge in [-0.15, -0.1) is 0 Å². The highest BCUT2D eigenvalue weighted by Gasteiger charge is 2.23. The number of alkyl halides is 2. The predicted octanol–water partition coefficient (Wildman–Crippen LogP) is 1.96. The molecular formula is C11H14F2N2O2. The number of pyridine rings is 1. The van der Waals surface area contributed by atoms with Gasteiger partial charge in [0.05, 0.1) is 6.61 Å². The number of rotatable bonds is 4. The van der Waals surface area contributed by atoms with E-state index in [0.717, 1.165) is 0 Å². The van der Waals surface area contributed by atoms with Crippen LogP contribution in [-0.2, 0) is 11.3 Å². The van der Waals surface area contributed by atoms with Gasteiger partial charge in [-0.2, -0.15) is 0 Å². The van der Waals surface area contributed by atoms with Gasteiger partial charge in [0.15, 0.2) is 5.69 Å². The molecule has 1 aromatic rings. The van der Waals surface area contributed by atoms with E-state index in [9.17, 15) is 13.6 Å². The molecule has 6 heteroatoms. The summed E-state index contributed by atoms with van der Waals surface area (Å²) in [5.74, 6) is -0.727. The minimum Gasteiger partial charge on any atom is -0.461 e. The second-order valence-electron chi connectivity index (χ2n) is 3.41. The predicted molar refractivity (Wildman–Crippen MR) is 57.8 cm³/mol. The van der Waals surface area contributed by atoms with Gasteiger partial charge in [-0.05, 0) is 19.4 Å². The van der Waals surface area contributed by atoms with Crippen LogP contribution < -0.4 is 5.73 Å². The summed E-state index contributed by atoms with van der Waals surface area (Å²) in [4.78, 5) is 15.3. The first-order valence-corrected chi connectivity index (χ1v) is 5.16. The largest absolute Gasteiger partial charge is 0.461 e. The van der Waals surface area contributed by atoms with Crippen molar-refractivity contribution in [2.24, 2.45) is 5.73 Å². The van der Waals surface area contributed by atoms with Crippen LogP contribution in [0.2, 0.25) is 0 Å². The van der Waals surface area contributed by atoms with Gasteiger partial charge in [-0.1, -0.05) is 0 Å². The number of aryl methyl sites for hydroxylation is 1. The summed E-state index contributed by atoms with van der Waals surface area (Å²) >= 11 is 0. The summed E-state index contributed by atoms with van der Waals surface area (Å²) in [6, 6.07) is 0. The zero-order valence-electron chi connectivity index (χ0n) is 9.67. The molecule has 17 heavy (non-hydrogen) atoms. The first-order valence-electron chi connectivity index (χ1n) is 5.16. The average Bonchev–Trinajstić information content (AvgIpc) is 2.27. The summed E-state index contributed by atoms with van der Waals surface area (Å²) in [6.45, 7) is 3.11. The van der Waals surface area contributed by atoms with Crippen LogP contribution in [0.15, 0.2) is 6.20 Å². The molecule has 2 N–H and O–H groups in total. The maximum atomic E-state index is 12.9. The highest BCUT2D eigenvalue weighted by atomic mass is 19.3. The summed E-state index contributed by atoms with van der Waals surface area (Å²) in [5.41, 5.74) is 5.42. The fraction of sp³-hybridized carbons (Fsp3) is 0.455. The monoisotopic (exact) mass is 244 g/mol. The lowest BCUT2D eigenvalue weighted by atomic mass is 10.0. The molecule has 0 unspecified atom stereocenters. The van der Waals surface area contributed by atoms with Crippen molar-refractivity contribution in [1.29, 1.82) is 0 Å². The van der Waals surface area contributed by atoms with Crippen molar-refractivity contribution < 1.29 is 18.3 Å².